The van der Waals surface area contributed by atoms with E-state index in [4.69, 9.17) is 11.6 Å². The number of carbonyl (C=O) groups is 1. The summed E-state index contributed by atoms with van der Waals surface area (Å²) in [5.41, 5.74) is 0. The Bertz CT molecular complexity index is 514. The average Bonchev–Trinajstić information content (AvgIpc) is 2.35. The molecule has 1 amide bonds. The number of halogens is 1. The molecular weight excluding hydrogens is 276 g/mol. The van der Waals surface area contributed by atoms with E-state index in [-0.39, 0.29) is 23.9 Å². The Kier molecular flexibility index (Phi) is 5.13. The predicted octanol–water partition coefficient (Wildman–Crippen LogP) is 1.10. The van der Waals surface area contributed by atoms with Gasteiger partial charge < -0.3 is 5.32 Å². The van der Waals surface area contributed by atoms with E-state index in [2.05, 4.69) is 5.32 Å². The average molecular weight is 291 g/mol. The van der Waals surface area contributed by atoms with Crippen molar-refractivity contribution in [2.75, 3.05) is 20.1 Å². The topological polar surface area (TPSA) is 66.5 Å². The summed E-state index contributed by atoms with van der Waals surface area (Å²) in [7, 11) is -2.20. The van der Waals surface area contributed by atoms with Crippen molar-refractivity contribution in [3.8, 4) is 0 Å². The highest BCUT2D eigenvalue weighted by atomic mass is 35.5. The molecule has 0 saturated carbocycles. The molecular formula is C11H15ClN2O3S. The van der Waals surface area contributed by atoms with Crippen molar-refractivity contribution in [1.82, 2.24) is 9.62 Å². The molecule has 0 aromatic heterocycles. The summed E-state index contributed by atoms with van der Waals surface area (Å²) in [5.74, 6) is -0.352. The Morgan fingerprint density at radius 3 is 2.33 bits per heavy atom. The Balaban J connectivity index is 3.03. The van der Waals surface area contributed by atoms with E-state index in [1.807, 2.05) is 0 Å². The molecule has 5 nitrogen and oxygen atoms in total. The lowest BCUT2D eigenvalue weighted by molar-refractivity contribution is -0.120. The summed E-state index contributed by atoms with van der Waals surface area (Å²) in [4.78, 5) is 11.4. The first-order chi connectivity index (χ1) is 8.41. The molecule has 0 spiro atoms. The van der Waals surface area contributed by atoms with Gasteiger partial charge in [0.2, 0.25) is 15.9 Å². The lowest BCUT2D eigenvalue weighted by Gasteiger charge is -2.19. The van der Waals surface area contributed by atoms with Crippen LogP contribution in [0.5, 0.6) is 0 Å². The van der Waals surface area contributed by atoms with Crippen LogP contribution in [-0.2, 0) is 14.8 Å². The van der Waals surface area contributed by atoms with Gasteiger partial charge in [0, 0.05) is 18.6 Å². The zero-order valence-corrected chi connectivity index (χ0v) is 11.8. The van der Waals surface area contributed by atoms with E-state index in [0.717, 1.165) is 4.31 Å². The lowest BCUT2D eigenvalue weighted by Crippen LogP contribution is -2.39. The SMILES string of the molecule is CCN(CC(=O)NC)S(=O)(=O)c1ccc(Cl)cc1. The van der Waals surface area contributed by atoms with Crippen molar-refractivity contribution in [3.63, 3.8) is 0 Å². The standard InChI is InChI=1S/C11H15ClN2O3S/c1-3-14(8-11(15)13-2)18(16,17)10-6-4-9(12)5-7-10/h4-7H,3,8H2,1-2H3,(H,13,15). The molecule has 0 heterocycles. The molecule has 100 valence electrons. The van der Waals surface area contributed by atoms with Crippen molar-refractivity contribution < 1.29 is 13.2 Å². The molecule has 0 aliphatic rings. The van der Waals surface area contributed by atoms with Gasteiger partial charge >= 0.3 is 0 Å². The molecule has 0 fully saturated rings. The third kappa shape index (κ3) is 3.44. The fourth-order valence-corrected chi connectivity index (χ4v) is 2.89. The van der Waals surface area contributed by atoms with Gasteiger partial charge in [0.1, 0.15) is 0 Å². The Morgan fingerprint density at radius 1 is 1.33 bits per heavy atom. The number of amides is 1. The second kappa shape index (κ2) is 6.17. The van der Waals surface area contributed by atoms with Gasteiger partial charge in [-0.3, -0.25) is 4.79 Å². The van der Waals surface area contributed by atoms with Crippen LogP contribution in [0.4, 0.5) is 0 Å². The number of nitrogens with one attached hydrogen (secondary N) is 1. The van der Waals surface area contributed by atoms with Gasteiger partial charge in [-0.2, -0.15) is 4.31 Å². The number of rotatable bonds is 5. The minimum Gasteiger partial charge on any atom is -0.358 e. The summed E-state index contributed by atoms with van der Waals surface area (Å²) in [6.45, 7) is 1.70. The van der Waals surface area contributed by atoms with E-state index < -0.39 is 10.0 Å². The first-order valence-corrected chi connectivity index (χ1v) is 7.20. The molecule has 1 rings (SSSR count). The highest BCUT2D eigenvalue weighted by Gasteiger charge is 2.24. The van der Waals surface area contributed by atoms with Gasteiger partial charge in [-0.05, 0) is 24.3 Å². The first kappa shape index (κ1) is 14.9. The third-order valence-electron chi connectivity index (χ3n) is 2.40. The number of hydrogen-bond donors (Lipinski definition) is 1. The first-order valence-electron chi connectivity index (χ1n) is 5.38. The minimum absolute atomic E-state index is 0.123. The normalized spacial score (nSPS) is 11.6. The molecule has 1 N–H and O–H groups in total. The van der Waals surface area contributed by atoms with Crippen LogP contribution in [0.25, 0.3) is 0 Å². The molecule has 0 aliphatic heterocycles. The van der Waals surface area contributed by atoms with E-state index in [0.29, 0.717) is 5.02 Å². The molecule has 0 atom stereocenters. The van der Waals surface area contributed by atoms with Gasteiger partial charge in [0.25, 0.3) is 0 Å². The molecule has 0 unspecified atom stereocenters. The summed E-state index contributed by atoms with van der Waals surface area (Å²) in [5, 5.41) is 2.86. The third-order valence-corrected chi connectivity index (χ3v) is 4.59. The predicted molar refractivity (Wildman–Crippen MR) is 70.0 cm³/mol. The molecule has 0 aliphatic carbocycles. The largest absolute Gasteiger partial charge is 0.358 e. The highest BCUT2D eigenvalue weighted by molar-refractivity contribution is 7.89. The second-order valence-electron chi connectivity index (χ2n) is 3.56. The summed E-state index contributed by atoms with van der Waals surface area (Å²) in [6, 6.07) is 5.85. The zero-order valence-electron chi connectivity index (χ0n) is 10.2. The van der Waals surface area contributed by atoms with Crippen molar-refractivity contribution in [3.05, 3.63) is 29.3 Å². The van der Waals surface area contributed by atoms with Gasteiger partial charge in [-0.1, -0.05) is 18.5 Å². The molecule has 1 aromatic rings. The number of nitrogens with zero attached hydrogens (tertiary/aromatic N) is 1. The van der Waals surface area contributed by atoms with Crippen molar-refractivity contribution in [2.24, 2.45) is 0 Å². The van der Waals surface area contributed by atoms with Gasteiger partial charge in [-0.15, -0.1) is 0 Å². The Hall–Kier alpha value is -1.11. The lowest BCUT2D eigenvalue weighted by atomic mass is 10.4. The smallest absolute Gasteiger partial charge is 0.243 e. The number of hydrogen-bond acceptors (Lipinski definition) is 3. The molecule has 18 heavy (non-hydrogen) atoms. The summed E-state index contributed by atoms with van der Waals surface area (Å²) < 4.78 is 25.6. The molecule has 7 heteroatoms. The van der Waals surface area contributed by atoms with Crippen LogP contribution in [0.1, 0.15) is 6.92 Å². The number of carbonyl (C=O) groups excluding carboxylic acids is 1. The number of likely N-dealkylation sites (N-methyl/N-ethyl adjacent to an activating group) is 2. The van der Waals surface area contributed by atoms with Gasteiger partial charge in [0.05, 0.1) is 11.4 Å². The van der Waals surface area contributed by atoms with Crippen LogP contribution in [0, 0.1) is 0 Å². The van der Waals surface area contributed by atoms with Crippen molar-refractivity contribution in [2.45, 2.75) is 11.8 Å². The maximum absolute atomic E-state index is 12.2. The van der Waals surface area contributed by atoms with E-state index >= 15 is 0 Å². The molecule has 0 radical (unpaired) electrons. The van der Waals surface area contributed by atoms with Crippen LogP contribution in [0.3, 0.4) is 0 Å². The van der Waals surface area contributed by atoms with Crippen LogP contribution >= 0.6 is 11.6 Å². The summed E-state index contributed by atoms with van der Waals surface area (Å²) >= 11 is 5.71. The highest BCUT2D eigenvalue weighted by Crippen LogP contribution is 2.18. The van der Waals surface area contributed by atoms with E-state index in [1.165, 1.54) is 31.3 Å². The van der Waals surface area contributed by atoms with Crippen LogP contribution in [-0.4, -0.2) is 38.8 Å². The van der Waals surface area contributed by atoms with Crippen molar-refractivity contribution in [1.29, 1.82) is 0 Å². The van der Waals surface area contributed by atoms with E-state index in [1.54, 1.807) is 6.92 Å². The van der Waals surface area contributed by atoms with E-state index in [9.17, 15) is 13.2 Å². The molecule has 0 bridgehead atoms. The van der Waals surface area contributed by atoms with Gasteiger partial charge in [0.15, 0.2) is 0 Å². The minimum atomic E-state index is -3.66. The van der Waals surface area contributed by atoms with Crippen LogP contribution < -0.4 is 5.32 Å². The fourth-order valence-electron chi connectivity index (χ4n) is 1.36. The Labute approximate surface area is 112 Å². The monoisotopic (exact) mass is 290 g/mol. The summed E-state index contributed by atoms with van der Waals surface area (Å²) in [6.07, 6.45) is 0. The fraction of sp³-hybridized carbons (Fsp3) is 0.364. The number of sulfonamides is 1. The van der Waals surface area contributed by atoms with Crippen molar-refractivity contribution >= 4 is 27.5 Å². The quantitative estimate of drug-likeness (QED) is 0.883. The molecule has 0 saturated heterocycles. The van der Waals surface area contributed by atoms with Crippen LogP contribution in [0.15, 0.2) is 29.2 Å². The number of benzene rings is 1. The second-order valence-corrected chi connectivity index (χ2v) is 5.93. The van der Waals surface area contributed by atoms with Crippen LogP contribution in [0.2, 0.25) is 5.02 Å². The molecule has 1 aromatic carbocycles. The maximum atomic E-state index is 12.2. The Morgan fingerprint density at radius 2 is 1.89 bits per heavy atom. The van der Waals surface area contributed by atoms with Gasteiger partial charge in [-0.25, -0.2) is 8.42 Å². The maximum Gasteiger partial charge on any atom is 0.243 e. The zero-order chi connectivity index (χ0) is 13.8.